The summed E-state index contributed by atoms with van der Waals surface area (Å²) in [4.78, 5) is 7.05. The van der Waals surface area contributed by atoms with Crippen molar-refractivity contribution >= 4 is 40.0 Å². The van der Waals surface area contributed by atoms with Gasteiger partial charge in [-0.05, 0) is 61.8 Å². The van der Waals surface area contributed by atoms with Crippen LogP contribution < -0.4 is 15.4 Å². The summed E-state index contributed by atoms with van der Waals surface area (Å²) >= 11 is 0. The third-order valence-electron chi connectivity index (χ3n) is 5.52. The number of nitrogens with one attached hydrogen (secondary N) is 3. The Labute approximate surface area is 209 Å². The maximum atomic E-state index is 11.8. The van der Waals surface area contributed by atoms with E-state index in [0.717, 1.165) is 12.1 Å². The summed E-state index contributed by atoms with van der Waals surface area (Å²) in [6, 6.07) is 15.6. The van der Waals surface area contributed by atoms with E-state index in [0.29, 0.717) is 19.0 Å². The van der Waals surface area contributed by atoms with Gasteiger partial charge in [-0.1, -0.05) is 42.8 Å². The van der Waals surface area contributed by atoms with Crippen molar-refractivity contribution in [1.29, 1.82) is 0 Å². The van der Waals surface area contributed by atoms with Crippen molar-refractivity contribution in [1.82, 2.24) is 20.3 Å². The monoisotopic (exact) mass is 571 g/mol. The number of guanidine groups is 1. The molecule has 1 aliphatic heterocycles. The first kappa shape index (κ1) is 26.6. The average Bonchev–Trinajstić information content (AvgIpc) is 2.81. The molecule has 0 bridgehead atoms. The molecule has 32 heavy (non-hydrogen) atoms. The van der Waals surface area contributed by atoms with Gasteiger partial charge in [0.25, 0.3) is 0 Å². The fourth-order valence-corrected chi connectivity index (χ4v) is 4.36. The van der Waals surface area contributed by atoms with Gasteiger partial charge in [0.15, 0.2) is 5.96 Å². The number of likely N-dealkylation sites (tertiary alicyclic amines) is 1. The highest BCUT2D eigenvalue weighted by Gasteiger charge is 2.11. The van der Waals surface area contributed by atoms with Crippen LogP contribution in [-0.4, -0.2) is 46.5 Å². The zero-order chi connectivity index (χ0) is 22.1. The fourth-order valence-electron chi connectivity index (χ4n) is 3.63. The first-order chi connectivity index (χ1) is 15.0. The molecule has 0 saturated carbocycles. The Morgan fingerprint density at radius 2 is 1.38 bits per heavy atom. The molecule has 0 spiro atoms. The van der Waals surface area contributed by atoms with Gasteiger partial charge in [0.1, 0.15) is 0 Å². The minimum Gasteiger partial charge on any atom is -0.352 e. The summed E-state index contributed by atoms with van der Waals surface area (Å²) < 4.78 is 25.9. The quantitative estimate of drug-likeness (QED) is 0.258. The summed E-state index contributed by atoms with van der Waals surface area (Å²) in [7, 11) is -0.270. The molecule has 0 aliphatic carbocycles. The largest absolute Gasteiger partial charge is 0.352 e. The van der Waals surface area contributed by atoms with E-state index in [1.807, 2.05) is 0 Å². The summed E-state index contributed by atoms with van der Waals surface area (Å²) in [5.74, 6) is 0.698. The Bertz CT molecular complexity index is 957. The molecule has 1 saturated heterocycles. The summed E-state index contributed by atoms with van der Waals surface area (Å²) in [5, 5.41) is 6.59. The van der Waals surface area contributed by atoms with E-state index in [9.17, 15) is 8.42 Å². The third-order valence-corrected chi connectivity index (χ3v) is 6.95. The minimum atomic E-state index is -3.41. The number of aliphatic imine (C=N–C) groups is 1. The Balaban J connectivity index is 0.00000363. The van der Waals surface area contributed by atoms with Gasteiger partial charge in [-0.3, -0.25) is 9.89 Å². The van der Waals surface area contributed by atoms with Crippen LogP contribution in [0.15, 0.2) is 58.4 Å². The summed E-state index contributed by atoms with van der Waals surface area (Å²) in [5.41, 5.74) is 3.53. The Kier molecular flexibility index (Phi) is 10.9. The highest BCUT2D eigenvalue weighted by molar-refractivity contribution is 14.0. The molecule has 3 N–H and O–H groups in total. The van der Waals surface area contributed by atoms with Crippen LogP contribution >= 0.6 is 24.0 Å². The van der Waals surface area contributed by atoms with Gasteiger partial charge in [0.05, 0.1) is 4.90 Å². The number of sulfonamides is 1. The van der Waals surface area contributed by atoms with E-state index in [1.165, 1.54) is 50.5 Å². The number of hydrogen-bond acceptors (Lipinski definition) is 4. The lowest BCUT2D eigenvalue weighted by atomic mass is 10.1. The van der Waals surface area contributed by atoms with E-state index in [-0.39, 0.29) is 28.9 Å². The van der Waals surface area contributed by atoms with Gasteiger partial charge in [-0.2, -0.15) is 0 Å². The standard InChI is InChI=1S/C23H33N5O2S.HI/c1-24-23(27-17-20-10-12-22(13-11-20)31(29,30)25-2)26-16-19-6-8-21(9-7-19)18-28-14-4-3-5-15-28;/h6-13,25H,3-5,14-18H2,1-2H3,(H2,24,26,27);1H. The van der Waals surface area contributed by atoms with E-state index in [4.69, 9.17) is 0 Å². The number of halogens is 1. The summed E-state index contributed by atoms with van der Waals surface area (Å²) in [6.45, 7) is 4.68. The minimum absolute atomic E-state index is 0. The van der Waals surface area contributed by atoms with Gasteiger partial charge in [-0.15, -0.1) is 24.0 Å². The van der Waals surface area contributed by atoms with Crippen LogP contribution in [0, 0.1) is 0 Å². The fraction of sp³-hybridized carbons (Fsp3) is 0.435. The van der Waals surface area contributed by atoms with Crippen molar-refractivity contribution in [2.75, 3.05) is 27.2 Å². The molecule has 2 aromatic rings. The number of rotatable bonds is 8. The normalized spacial score (nSPS) is 15.1. The Hall–Kier alpha value is -1.69. The van der Waals surface area contributed by atoms with Crippen LogP contribution in [0.2, 0.25) is 0 Å². The molecule has 0 atom stereocenters. The van der Waals surface area contributed by atoms with Gasteiger partial charge in [0, 0.05) is 26.7 Å². The molecule has 0 unspecified atom stereocenters. The van der Waals surface area contributed by atoms with Crippen LogP contribution in [0.5, 0.6) is 0 Å². The van der Waals surface area contributed by atoms with Crippen molar-refractivity contribution in [3.8, 4) is 0 Å². The molecular weight excluding hydrogens is 537 g/mol. The lowest BCUT2D eigenvalue weighted by Gasteiger charge is -2.26. The first-order valence-corrected chi connectivity index (χ1v) is 12.3. The molecule has 1 fully saturated rings. The predicted molar refractivity (Wildman–Crippen MR) is 141 cm³/mol. The predicted octanol–water partition coefficient (Wildman–Crippen LogP) is 3.06. The third kappa shape index (κ3) is 8.02. The molecule has 9 heteroatoms. The zero-order valence-electron chi connectivity index (χ0n) is 18.8. The van der Waals surface area contributed by atoms with Crippen LogP contribution in [-0.2, 0) is 29.7 Å². The molecular formula is C23H34IN5O2S. The summed E-state index contributed by atoms with van der Waals surface area (Å²) in [6.07, 6.45) is 3.99. The van der Waals surface area contributed by atoms with Crippen molar-refractivity contribution in [3.05, 3.63) is 65.2 Å². The van der Waals surface area contributed by atoms with E-state index >= 15 is 0 Å². The molecule has 0 aromatic heterocycles. The second kappa shape index (κ2) is 13.1. The molecule has 2 aromatic carbocycles. The van der Waals surface area contributed by atoms with Crippen LogP contribution in [0.3, 0.4) is 0 Å². The van der Waals surface area contributed by atoms with Crippen molar-refractivity contribution in [2.45, 2.75) is 43.8 Å². The molecule has 3 rings (SSSR count). The van der Waals surface area contributed by atoms with E-state index in [1.54, 1.807) is 31.3 Å². The van der Waals surface area contributed by atoms with E-state index in [2.05, 4.69) is 49.5 Å². The second-order valence-electron chi connectivity index (χ2n) is 7.78. The number of nitrogens with zero attached hydrogens (tertiary/aromatic N) is 2. The number of benzene rings is 2. The average molecular weight is 572 g/mol. The smallest absolute Gasteiger partial charge is 0.240 e. The molecule has 1 heterocycles. The Morgan fingerprint density at radius 1 is 0.875 bits per heavy atom. The molecule has 176 valence electrons. The van der Waals surface area contributed by atoms with Crippen molar-refractivity contribution in [2.24, 2.45) is 4.99 Å². The van der Waals surface area contributed by atoms with Crippen molar-refractivity contribution in [3.63, 3.8) is 0 Å². The topological polar surface area (TPSA) is 85.8 Å². The first-order valence-electron chi connectivity index (χ1n) is 10.8. The lowest BCUT2D eigenvalue weighted by molar-refractivity contribution is 0.221. The van der Waals surface area contributed by atoms with Gasteiger partial charge in [-0.25, -0.2) is 13.1 Å². The number of hydrogen-bond donors (Lipinski definition) is 3. The molecule has 7 nitrogen and oxygen atoms in total. The lowest BCUT2D eigenvalue weighted by Crippen LogP contribution is -2.36. The van der Waals surface area contributed by atoms with Gasteiger partial charge in [0.2, 0.25) is 10.0 Å². The second-order valence-corrected chi connectivity index (χ2v) is 9.67. The Morgan fingerprint density at radius 3 is 1.88 bits per heavy atom. The van der Waals surface area contributed by atoms with Gasteiger partial charge < -0.3 is 10.6 Å². The highest BCUT2D eigenvalue weighted by atomic mass is 127. The molecule has 1 aliphatic rings. The zero-order valence-corrected chi connectivity index (χ0v) is 21.9. The molecule has 0 amide bonds. The van der Waals surface area contributed by atoms with Crippen LogP contribution in [0.1, 0.15) is 36.0 Å². The van der Waals surface area contributed by atoms with Crippen molar-refractivity contribution < 1.29 is 8.42 Å². The van der Waals surface area contributed by atoms with E-state index < -0.39 is 10.0 Å². The maximum absolute atomic E-state index is 11.8. The van der Waals surface area contributed by atoms with Crippen LogP contribution in [0.4, 0.5) is 0 Å². The molecule has 0 radical (unpaired) electrons. The van der Waals surface area contributed by atoms with Gasteiger partial charge >= 0.3 is 0 Å². The number of piperidine rings is 1. The maximum Gasteiger partial charge on any atom is 0.240 e. The SMILES string of the molecule is CN=C(NCc1ccc(CN2CCCCC2)cc1)NCc1ccc(S(=O)(=O)NC)cc1.I. The van der Waals surface area contributed by atoms with Crippen LogP contribution in [0.25, 0.3) is 0 Å². The highest BCUT2D eigenvalue weighted by Crippen LogP contribution is 2.14.